The molecule has 0 saturated carbocycles. The van der Waals surface area contributed by atoms with E-state index < -0.39 is 0 Å². The van der Waals surface area contributed by atoms with Crippen LogP contribution in [-0.2, 0) is 4.79 Å². The molecule has 0 saturated heterocycles. The number of aromatic nitrogens is 1. The van der Waals surface area contributed by atoms with E-state index in [1.54, 1.807) is 0 Å². The second kappa shape index (κ2) is 9.63. The molecule has 1 aliphatic heterocycles. The van der Waals surface area contributed by atoms with E-state index in [9.17, 15) is 9.59 Å². The molecule has 176 valence electrons. The summed E-state index contributed by atoms with van der Waals surface area (Å²) < 4.78 is 2.01. The molecule has 3 aromatic carbocycles. The smallest absolute Gasteiger partial charge is 0.258 e. The molecule has 2 heterocycles. The van der Waals surface area contributed by atoms with Crippen LogP contribution in [0.15, 0.2) is 103 Å². The molecule has 5 rings (SSSR count). The van der Waals surface area contributed by atoms with Crippen LogP contribution in [-0.4, -0.2) is 22.4 Å². The molecular weight excluding hydrogens is 434 g/mol. The van der Waals surface area contributed by atoms with E-state index in [0.717, 1.165) is 22.6 Å². The first-order chi connectivity index (χ1) is 17.1. The van der Waals surface area contributed by atoms with Gasteiger partial charge in [0.1, 0.15) is 0 Å². The fourth-order valence-corrected chi connectivity index (χ4v) is 5.01. The number of hydrogen-bond donors (Lipinski definition) is 0. The zero-order valence-corrected chi connectivity index (χ0v) is 20.0. The van der Waals surface area contributed by atoms with Crippen molar-refractivity contribution >= 4 is 23.2 Å². The summed E-state index contributed by atoms with van der Waals surface area (Å²) in [4.78, 5) is 30.7. The molecule has 5 heteroatoms. The highest BCUT2D eigenvalue weighted by Crippen LogP contribution is 2.42. The van der Waals surface area contributed by atoms with Crippen LogP contribution in [0.3, 0.4) is 0 Å². The number of amides is 2. The minimum Gasteiger partial charge on any atom is -0.324 e. The summed E-state index contributed by atoms with van der Waals surface area (Å²) in [6.45, 7) is 3.96. The van der Waals surface area contributed by atoms with Gasteiger partial charge in [0.15, 0.2) is 0 Å². The second-order valence-corrected chi connectivity index (χ2v) is 8.92. The van der Waals surface area contributed by atoms with Crippen LogP contribution in [0.4, 0.5) is 11.4 Å². The number of carbonyl (C=O) groups excluding carboxylic acids is 2. The van der Waals surface area contributed by atoms with Gasteiger partial charge in [-0.25, -0.2) is 0 Å². The zero-order chi connectivity index (χ0) is 24.4. The quantitative estimate of drug-likeness (QED) is 0.344. The van der Waals surface area contributed by atoms with Gasteiger partial charge in [-0.2, -0.15) is 0 Å². The van der Waals surface area contributed by atoms with Crippen molar-refractivity contribution in [3.63, 3.8) is 0 Å². The summed E-state index contributed by atoms with van der Waals surface area (Å²) in [6.07, 6.45) is 5.04. The van der Waals surface area contributed by atoms with Gasteiger partial charge >= 0.3 is 0 Å². The van der Waals surface area contributed by atoms with E-state index in [0.29, 0.717) is 18.4 Å². The Labute approximate surface area is 206 Å². The average molecular weight is 464 g/mol. The predicted molar refractivity (Wildman–Crippen MR) is 140 cm³/mol. The highest BCUT2D eigenvalue weighted by Gasteiger charge is 2.38. The van der Waals surface area contributed by atoms with Crippen molar-refractivity contribution in [3.8, 4) is 5.69 Å². The van der Waals surface area contributed by atoms with Crippen molar-refractivity contribution in [3.05, 3.63) is 115 Å². The lowest BCUT2D eigenvalue weighted by molar-refractivity contribution is -0.118. The van der Waals surface area contributed by atoms with Crippen LogP contribution >= 0.6 is 0 Å². The van der Waals surface area contributed by atoms with Crippen LogP contribution < -0.4 is 9.80 Å². The topological polar surface area (TPSA) is 45.6 Å². The van der Waals surface area contributed by atoms with E-state index >= 15 is 0 Å². The first-order valence-electron chi connectivity index (χ1n) is 12.1. The number of hydrogen-bond acceptors (Lipinski definition) is 2. The molecule has 35 heavy (non-hydrogen) atoms. The number of carbonyl (C=O) groups is 2. The van der Waals surface area contributed by atoms with E-state index in [2.05, 4.69) is 6.92 Å². The fourth-order valence-electron chi connectivity index (χ4n) is 5.01. The Morgan fingerprint density at radius 1 is 0.857 bits per heavy atom. The van der Waals surface area contributed by atoms with Crippen molar-refractivity contribution in [2.75, 3.05) is 9.80 Å². The number of para-hydroxylation sites is 2. The highest BCUT2D eigenvalue weighted by molar-refractivity contribution is 6.07. The van der Waals surface area contributed by atoms with Gasteiger partial charge < -0.3 is 14.4 Å². The standard InChI is InChI=1S/C30H29N3O2/c1-3-29(34)33(25-11-5-4-6-12-25)28-21-22(2)32(27-14-8-7-13-26(27)28)30(35)23-15-17-24(18-16-23)31-19-9-10-20-31/h4-20,22,28H,3,21H2,1-2H3/t22-,28+/m0/s1. The summed E-state index contributed by atoms with van der Waals surface area (Å²) in [5.74, 6) is 0.0408. The average Bonchev–Trinajstić information content (AvgIpc) is 3.44. The summed E-state index contributed by atoms with van der Waals surface area (Å²) in [6, 6.07) is 29.2. The van der Waals surface area contributed by atoms with Gasteiger partial charge in [-0.1, -0.05) is 43.3 Å². The largest absolute Gasteiger partial charge is 0.324 e. The Kier molecular flexibility index (Phi) is 6.23. The summed E-state index contributed by atoms with van der Waals surface area (Å²) >= 11 is 0. The van der Waals surface area contributed by atoms with Gasteiger partial charge in [-0.05, 0) is 73.5 Å². The van der Waals surface area contributed by atoms with E-state index in [4.69, 9.17) is 0 Å². The molecule has 2 atom stereocenters. The van der Waals surface area contributed by atoms with Crippen molar-refractivity contribution in [1.29, 1.82) is 0 Å². The molecule has 0 fully saturated rings. The third-order valence-corrected chi connectivity index (χ3v) is 6.71. The maximum absolute atomic E-state index is 13.7. The molecule has 0 unspecified atom stereocenters. The monoisotopic (exact) mass is 463 g/mol. The van der Waals surface area contributed by atoms with Crippen LogP contribution in [0.5, 0.6) is 0 Å². The third-order valence-electron chi connectivity index (χ3n) is 6.71. The van der Waals surface area contributed by atoms with Crippen LogP contribution in [0.2, 0.25) is 0 Å². The van der Waals surface area contributed by atoms with Crippen molar-refractivity contribution in [1.82, 2.24) is 4.57 Å². The SMILES string of the molecule is CCC(=O)N(c1ccccc1)[C@@H]1C[C@H](C)N(C(=O)c2ccc(-n3cccc3)cc2)c2ccccc21. The molecule has 4 aromatic rings. The van der Waals surface area contributed by atoms with Crippen LogP contribution in [0, 0.1) is 0 Å². The fraction of sp³-hybridized carbons (Fsp3) is 0.200. The van der Waals surface area contributed by atoms with Gasteiger partial charge in [0, 0.05) is 47.5 Å². The Hall–Kier alpha value is -4.12. The molecule has 0 spiro atoms. The second-order valence-electron chi connectivity index (χ2n) is 8.92. The number of anilines is 2. The Morgan fingerprint density at radius 3 is 2.20 bits per heavy atom. The van der Waals surface area contributed by atoms with Gasteiger partial charge in [0.05, 0.1) is 6.04 Å². The molecule has 1 aromatic heterocycles. The first kappa shape index (κ1) is 22.7. The zero-order valence-electron chi connectivity index (χ0n) is 20.0. The Morgan fingerprint density at radius 2 is 1.51 bits per heavy atom. The lowest BCUT2D eigenvalue weighted by Gasteiger charge is -2.43. The molecule has 1 aliphatic rings. The van der Waals surface area contributed by atoms with Gasteiger partial charge in [-0.15, -0.1) is 0 Å². The number of rotatable bonds is 5. The van der Waals surface area contributed by atoms with Gasteiger partial charge in [0.25, 0.3) is 5.91 Å². The first-order valence-corrected chi connectivity index (χ1v) is 12.1. The van der Waals surface area contributed by atoms with Crippen molar-refractivity contribution in [2.24, 2.45) is 0 Å². The summed E-state index contributed by atoms with van der Waals surface area (Å²) in [5.41, 5.74) is 4.39. The number of nitrogens with zero attached hydrogens (tertiary/aromatic N) is 3. The molecular formula is C30H29N3O2. The third kappa shape index (κ3) is 4.26. The van der Waals surface area contributed by atoms with Crippen molar-refractivity contribution < 1.29 is 9.59 Å². The Balaban J connectivity index is 1.51. The number of fused-ring (bicyclic) bond motifs is 1. The minimum absolute atomic E-state index is 0.0319. The molecule has 0 N–H and O–H groups in total. The molecule has 2 amide bonds. The van der Waals surface area contributed by atoms with Crippen LogP contribution in [0.1, 0.15) is 48.7 Å². The lowest BCUT2D eigenvalue weighted by atomic mass is 9.89. The molecule has 0 radical (unpaired) electrons. The summed E-state index contributed by atoms with van der Waals surface area (Å²) in [7, 11) is 0. The predicted octanol–water partition coefficient (Wildman–Crippen LogP) is 6.40. The summed E-state index contributed by atoms with van der Waals surface area (Å²) in [5, 5.41) is 0. The Bertz CT molecular complexity index is 1310. The van der Waals surface area contributed by atoms with E-state index in [1.807, 2.05) is 125 Å². The maximum Gasteiger partial charge on any atom is 0.258 e. The van der Waals surface area contributed by atoms with Crippen LogP contribution in [0.25, 0.3) is 5.69 Å². The minimum atomic E-state index is -0.142. The molecule has 0 aliphatic carbocycles. The normalized spacial score (nSPS) is 17.0. The maximum atomic E-state index is 13.7. The van der Waals surface area contributed by atoms with Gasteiger partial charge in [0.2, 0.25) is 5.91 Å². The van der Waals surface area contributed by atoms with Gasteiger partial charge in [-0.3, -0.25) is 9.59 Å². The molecule has 5 nitrogen and oxygen atoms in total. The lowest BCUT2D eigenvalue weighted by Crippen LogP contribution is -2.47. The van der Waals surface area contributed by atoms with Crippen molar-refractivity contribution in [2.45, 2.75) is 38.8 Å². The van der Waals surface area contributed by atoms with E-state index in [-0.39, 0.29) is 23.9 Å². The number of benzene rings is 3. The van der Waals surface area contributed by atoms with E-state index in [1.165, 1.54) is 0 Å². The molecule has 0 bridgehead atoms. The highest BCUT2D eigenvalue weighted by atomic mass is 16.2.